The fourth-order valence-electron chi connectivity index (χ4n) is 2.60. The van der Waals surface area contributed by atoms with Crippen LogP contribution in [0.4, 0.5) is 4.39 Å². The second-order valence-corrected chi connectivity index (χ2v) is 5.90. The van der Waals surface area contributed by atoms with Crippen molar-refractivity contribution in [3.8, 4) is 0 Å². The lowest BCUT2D eigenvalue weighted by Crippen LogP contribution is -2.05. The van der Waals surface area contributed by atoms with Crippen LogP contribution in [0, 0.1) is 26.6 Å². The van der Waals surface area contributed by atoms with Crippen LogP contribution in [0.5, 0.6) is 0 Å². The highest BCUT2D eigenvalue weighted by Crippen LogP contribution is 2.27. The second-order valence-electron chi connectivity index (χ2n) is 5.49. The minimum absolute atomic E-state index is 0.0327. The maximum absolute atomic E-state index is 13.4. The van der Waals surface area contributed by atoms with Crippen molar-refractivity contribution in [1.29, 1.82) is 0 Å². The minimum Gasteiger partial charge on any atom is -0.465 e. The molecule has 0 fully saturated rings. The van der Waals surface area contributed by atoms with E-state index in [9.17, 15) is 9.18 Å². The molecule has 23 heavy (non-hydrogen) atoms. The first-order valence-electron chi connectivity index (χ1n) is 7.16. The summed E-state index contributed by atoms with van der Waals surface area (Å²) in [5.41, 5.74) is 5.05. The van der Waals surface area contributed by atoms with Crippen LogP contribution in [-0.4, -0.2) is 13.1 Å². The number of aryl methyl sites for hydroxylation is 3. The highest BCUT2D eigenvalue weighted by molar-refractivity contribution is 6.31. The highest BCUT2D eigenvalue weighted by atomic mass is 35.5. The molecule has 0 amide bonds. The van der Waals surface area contributed by atoms with Crippen LogP contribution in [-0.2, 0) is 9.53 Å². The van der Waals surface area contributed by atoms with Gasteiger partial charge >= 0.3 is 5.97 Å². The summed E-state index contributed by atoms with van der Waals surface area (Å²) < 4.78 is 18.2. The summed E-state index contributed by atoms with van der Waals surface area (Å²) in [6.07, 6.45) is 1.76. The van der Waals surface area contributed by atoms with Crippen LogP contribution in [0.25, 0.3) is 11.6 Å². The predicted octanol–water partition coefficient (Wildman–Crippen LogP) is 5.12. The number of methoxy groups -OCH3 is 1. The van der Waals surface area contributed by atoms with Gasteiger partial charge in [-0.15, -0.1) is 0 Å². The summed E-state index contributed by atoms with van der Waals surface area (Å²) >= 11 is 5.84. The standard InChI is InChI=1S/C19H18ClFO2/c1-11-7-12(2)15(13(3)8-11)10-16(19(22)23-4)14-5-6-18(21)17(20)9-14/h5-10H,1-4H3/b16-10+. The monoisotopic (exact) mass is 332 g/mol. The highest BCUT2D eigenvalue weighted by Gasteiger charge is 2.15. The van der Waals surface area contributed by atoms with Crippen molar-refractivity contribution in [2.75, 3.05) is 7.11 Å². The zero-order chi connectivity index (χ0) is 17.1. The van der Waals surface area contributed by atoms with Crippen LogP contribution in [0.3, 0.4) is 0 Å². The van der Waals surface area contributed by atoms with Gasteiger partial charge in [-0.3, -0.25) is 0 Å². The molecule has 0 saturated heterocycles. The molecule has 0 aliphatic rings. The Labute approximate surface area is 140 Å². The molecule has 2 nitrogen and oxygen atoms in total. The SMILES string of the molecule is COC(=O)/C(=C/c1c(C)cc(C)cc1C)c1ccc(F)c(Cl)c1. The van der Waals surface area contributed by atoms with Gasteiger partial charge in [-0.05, 0) is 61.2 Å². The van der Waals surface area contributed by atoms with Gasteiger partial charge in [0.05, 0.1) is 17.7 Å². The Bertz CT molecular complexity index is 771. The van der Waals surface area contributed by atoms with Gasteiger partial charge in [-0.25, -0.2) is 9.18 Å². The Morgan fingerprint density at radius 3 is 2.26 bits per heavy atom. The van der Waals surface area contributed by atoms with Gasteiger partial charge in [0.15, 0.2) is 0 Å². The van der Waals surface area contributed by atoms with E-state index in [1.807, 2.05) is 32.9 Å². The fraction of sp³-hybridized carbons (Fsp3) is 0.211. The van der Waals surface area contributed by atoms with Crippen LogP contribution >= 0.6 is 11.6 Å². The molecule has 4 heteroatoms. The summed E-state index contributed by atoms with van der Waals surface area (Å²) in [6.45, 7) is 5.99. The first kappa shape index (κ1) is 17.2. The van der Waals surface area contributed by atoms with E-state index in [4.69, 9.17) is 16.3 Å². The van der Waals surface area contributed by atoms with Gasteiger partial charge in [0.1, 0.15) is 5.82 Å². The van der Waals surface area contributed by atoms with Crippen molar-refractivity contribution in [2.45, 2.75) is 20.8 Å². The summed E-state index contributed by atoms with van der Waals surface area (Å²) in [7, 11) is 1.32. The van der Waals surface area contributed by atoms with Gasteiger partial charge in [-0.1, -0.05) is 35.4 Å². The smallest absolute Gasteiger partial charge is 0.338 e. The van der Waals surface area contributed by atoms with Gasteiger partial charge in [0, 0.05) is 0 Å². The minimum atomic E-state index is -0.526. The average molecular weight is 333 g/mol. The number of carbonyl (C=O) groups is 1. The van der Waals surface area contributed by atoms with Crippen molar-refractivity contribution in [3.63, 3.8) is 0 Å². The fourth-order valence-corrected chi connectivity index (χ4v) is 2.78. The Morgan fingerprint density at radius 2 is 1.74 bits per heavy atom. The van der Waals surface area contributed by atoms with E-state index in [2.05, 4.69) is 0 Å². The van der Waals surface area contributed by atoms with Gasteiger partial charge in [-0.2, -0.15) is 0 Å². The number of hydrogen-bond acceptors (Lipinski definition) is 2. The molecule has 2 aromatic carbocycles. The molecule has 0 radical (unpaired) electrons. The Morgan fingerprint density at radius 1 is 1.13 bits per heavy atom. The third kappa shape index (κ3) is 3.80. The molecule has 0 aliphatic carbocycles. The van der Waals surface area contributed by atoms with E-state index in [1.165, 1.54) is 25.3 Å². The van der Waals surface area contributed by atoms with Crippen molar-refractivity contribution < 1.29 is 13.9 Å². The zero-order valence-electron chi connectivity index (χ0n) is 13.5. The first-order chi connectivity index (χ1) is 10.8. The largest absolute Gasteiger partial charge is 0.465 e. The molecule has 0 aromatic heterocycles. The molecule has 0 aliphatic heterocycles. The lowest BCUT2D eigenvalue weighted by atomic mass is 9.95. The molecule has 0 spiro atoms. The predicted molar refractivity (Wildman–Crippen MR) is 92.0 cm³/mol. The zero-order valence-corrected chi connectivity index (χ0v) is 14.3. The van der Waals surface area contributed by atoms with Gasteiger partial charge in [0.25, 0.3) is 0 Å². The average Bonchev–Trinajstić information content (AvgIpc) is 2.49. The first-order valence-corrected chi connectivity index (χ1v) is 7.54. The number of benzene rings is 2. The van der Waals surface area contributed by atoms with Gasteiger partial charge < -0.3 is 4.74 Å². The second kappa shape index (κ2) is 6.97. The van der Waals surface area contributed by atoms with Crippen molar-refractivity contribution in [1.82, 2.24) is 0 Å². The maximum Gasteiger partial charge on any atom is 0.338 e. The summed E-state index contributed by atoms with van der Waals surface area (Å²) in [4.78, 5) is 12.2. The number of halogens is 2. The molecule has 2 aromatic rings. The summed E-state index contributed by atoms with van der Waals surface area (Å²) in [5, 5.41) is -0.0327. The lowest BCUT2D eigenvalue weighted by Gasteiger charge is -2.11. The molecule has 0 N–H and O–H groups in total. The van der Waals surface area contributed by atoms with Crippen molar-refractivity contribution >= 4 is 29.2 Å². The van der Waals surface area contributed by atoms with E-state index in [-0.39, 0.29) is 5.02 Å². The van der Waals surface area contributed by atoms with Crippen LogP contribution < -0.4 is 0 Å². The molecular formula is C19H18ClFO2. The number of esters is 1. The van der Waals surface area contributed by atoms with Crippen LogP contribution in [0.1, 0.15) is 27.8 Å². The van der Waals surface area contributed by atoms with E-state index in [1.54, 1.807) is 6.08 Å². The normalized spacial score (nSPS) is 11.5. The molecule has 0 atom stereocenters. The van der Waals surface area contributed by atoms with Crippen LogP contribution in [0.15, 0.2) is 30.3 Å². The molecule has 0 heterocycles. The van der Waals surface area contributed by atoms with Crippen molar-refractivity contribution in [3.05, 3.63) is 69.0 Å². The quantitative estimate of drug-likeness (QED) is 0.443. The van der Waals surface area contributed by atoms with Crippen LogP contribution in [0.2, 0.25) is 5.02 Å². The van der Waals surface area contributed by atoms with Crippen molar-refractivity contribution in [2.24, 2.45) is 0 Å². The number of rotatable bonds is 3. The molecule has 0 bridgehead atoms. The summed E-state index contributed by atoms with van der Waals surface area (Å²) in [5.74, 6) is -1.02. The van der Waals surface area contributed by atoms with E-state index >= 15 is 0 Å². The number of hydrogen-bond donors (Lipinski definition) is 0. The molecule has 2 rings (SSSR count). The molecule has 120 valence electrons. The third-order valence-corrected chi connectivity index (χ3v) is 3.95. The van der Waals surface area contributed by atoms with E-state index in [0.29, 0.717) is 11.1 Å². The number of carbonyl (C=O) groups excluding carboxylic acids is 1. The molecule has 0 unspecified atom stereocenters. The van der Waals surface area contributed by atoms with Gasteiger partial charge in [0.2, 0.25) is 0 Å². The maximum atomic E-state index is 13.4. The van der Waals surface area contributed by atoms with E-state index < -0.39 is 11.8 Å². The lowest BCUT2D eigenvalue weighted by molar-refractivity contribution is -0.133. The summed E-state index contributed by atoms with van der Waals surface area (Å²) in [6, 6.07) is 8.28. The topological polar surface area (TPSA) is 26.3 Å². The Kier molecular flexibility index (Phi) is 5.22. The molecular weight excluding hydrogens is 315 g/mol. The Hall–Kier alpha value is -2.13. The third-order valence-electron chi connectivity index (χ3n) is 3.66. The molecule has 0 saturated carbocycles. The Balaban J connectivity index is 2.64. The van der Waals surface area contributed by atoms with E-state index in [0.717, 1.165) is 22.3 Å². The number of ether oxygens (including phenoxy) is 1.